The fraction of sp³-hybridized carbons (Fsp3) is 0.0286. The topological polar surface area (TPSA) is 9.23 Å². The number of halogens is 1. The van der Waals surface area contributed by atoms with E-state index in [4.69, 9.17) is 11.2 Å². The van der Waals surface area contributed by atoms with Gasteiger partial charge < -0.3 is 4.74 Å². The van der Waals surface area contributed by atoms with Crippen LogP contribution in [0, 0.1) is 36.0 Å². The molecule has 0 saturated carbocycles. The molecule has 0 radical (unpaired) electrons. The van der Waals surface area contributed by atoms with Crippen molar-refractivity contribution in [1.29, 1.82) is 0 Å². The summed E-state index contributed by atoms with van der Waals surface area (Å²) in [5.74, 6) is 16.5. The minimum atomic E-state index is 0.243. The zero-order valence-corrected chi connectivity index (χ0v) is 21.5. The van der Waals surface area contributed by atoms with Crippen LogP contribution in [0.15, 0.2) is 114 Å². The average Bonchev–Trinajstić information content (AvgIpc) is 2.95. The molecule has 0 aliphatic rings. The Balaban J connectivity index is 1.41. The Morgan fingerprint density at radius 2 is 1.27 bits per heavy atom. The first kappa shape index (κ1) is 24.0. The fourth-order valence-corrected chi connectivity index (χ4v) is 4.72. The highest BCUT2D eigenvalue weighted by atomic mass is 79.9. The molecule has 5 aromatic carbocycles. The second-order valence-electron chi connectivity index (χ2n) is 8.22. The number of terminal acetylenes is 1. The third-order valence-electron chi connectivity index (χ3n) is 5.88. The first-order valence-corrected chi connectivity index (χ1v) is 12.6. The zero-order chi connectivity index (χ0) is 25.5. The number of hydrogen-bond donors (Lipinski definition) is 0. The molecule has 5 rings (SSSR count). The van der Waals surface area contributed by atoms with Crippen LogP contribution in [0.5, 0.6) is 5.75 Å². The van der Waals surface area contributed by atoms with Gasteiger partial charge in [-0.3, -0.25) is 0 Å². The van der Waals surface area contributed by atoms with E-state index in [9.17, 15) is 0 Å². The predicted molar refractivity (Wildman–Crippen MR) is 156 cm³/mol. The SMILES string of the molecule is C#Cc1ccccc1-c1cccc(OCC#Cc2cccc3cccc(C#Cc4ccccc4)c23)c1Br. The molecule has 0 N–H and O–H groups in total. The summed E-state index contributed by atoms with van der Waals surface area (Å²) >= 11 is 3.70. The quantitative estimate of drug-likeness (QED) is 0.212. The summed E-state index contributed by atoms with van der Waals surface area (Å²) in [6.07, 6.45) is 5.70. The predicted octanol–water partition coefficient (Wildman–Crippen LogP) is 8.08. The summed E-state index contributed by atoms with van der Waals surface area (Å²) < 4.78 is 6.89. The zero-order valence-electron chi connectivity index (χ0n) is 20.0. The lowest BCUT2D eigenvalue weighted by molar-refractivity contribution is 0.368. The number of ether oxygens (including phenoxy) is 1. The molecular formula is C35H21BrO. The van der Waals surface area contributed by atoms with Crippen molar-refractivity contribution in [2.75, 3.05) is 6.61 Å². The van der Waals surface area contributed by atoms with E-state index >= 15 is 0 Å². The highest BCUT2D eigenvalue weighted by Crippen LogP contribution is 2.36. The van der Waals surface area contributed by atoms with Crippen LogP contribution >= 0.6 is 15.9 Å². The van der Waals surface area contributed by atoms with Crippen molar-refractivity contribution in [3.8, 4) is 52.9 Å². The van der Waals surface area contributed by atoms with E-state index in [2.05, 4.69) is 57.7 Å². The monoisotopic (exact) mass is 536 g/mol. The molecule has 1 nitrogen and oxygen atoms in total. The van der Waals surface area contributed by atoms with Gasteiger partial charge in [0.1, 0.15) is 12.4 Å². The molecule has 0 saturated heterocycles. The van der Waals surface area contributed by atoms with Gasteiger partial charge in [-0.15, -0.1) is 6.42 Å². The maximum Gasteiger partial charge on any atom is 0.149 e. The Morgan fingerprint density at radius 3 is 2.05 bits per heavy atom. The lowest BCUT2D eigenvalue weighted by atomic mass is 9.99. The molecule has 0 spiro atoms. The Bertz CT molecular complexity index is 1750. The van der Waals surface area contributed by atoms with E-state index in [0.29, 0.717) is 5.75 Å². The van der Waals surface area contributed by atoms with E-state index in [1.807, 2.05) is 97.1 Å². The van der Waals surface area contributed by atoms with Gasteiger partial charge in [-0.05, 0) is 63.3 Å². The molecule has 0 aliphatic heterocycles. The Labute approximate surface area is 226 Å². The summed E-state index contributed by atoms with van der Waals surface area (Å²) in [6.45, 7) is 0.243. The van der Waals surface area contributed by atoms with Crippen molar-refractivity contribution in [1.82, 2.24) is 0 Å². The van der Waals surface area contributed by atoms with Crippen molar-refractivity contribution in [3.05, 3.63) is 136 Å². The van der Waals surface area contributed by atoms with Crippen molar-refractivity contribution in [2.24, 2.45) is 0 Å². The van der Waals surface area contributed by atoms with E-state index in [-0.39, 0.29) is 6.61 Å². The van der Waals surface area contributed by atoms with Crippen LogP contribution in [0.25, 0.3) is 21.9 Å². The minimum absolute atomic E-state index is 0.243. The van der Waals surface area contributed by atoms with Crippen LogP contribution in [-0.2, 0) is 0 Å². The third kappa shape index (κ3) is 5.44. The van der Waals surface area contributed by atoms with Crippen molar-refractivity contribution in [3.63, 3.8) is 0 Å². The molecule has 0 heterocycles. The highest BCUT2D eigenvalue weighted by molar-refractivity contribution is 9.10. The fourth-order valence-electron chi connectivity index (χ4n) is 4.13. The normalized spacial score (nSPS) is 9.95. The summed E-state index contributed by atoms with van der Waals surface area (Å²) in [5, 5.41) is 2.16. The smallest absolute Gasteiger partial charge is 0.149 e. The Hall–Kier alpha value is -4.68. The molecule has 5 aromatic rings. The molecule has 0 bridgehead atoms. The number of rotatable bonds is 3. The first-order valence-electron chi connectivity index (χ1n) is 11.8. The van der Waals surface area contributed by atoms with Gasteiger partial charge in [0.25, 0.3) is 0 Å². The van der Waals surface area contributed by atoms with Gasteiger partial charge in [-0.1, -0.05) is 102 Å². The van der Waals surface area contributed by atoms with Gasteiger partial charge in [-0.2, -0.15) is 0 Å². The molecule has 0 aliphatic carbocycles. The van der Waals surface area contributed by atoms with Gasteiger partial charge in [0.05, 0.1) is 4.47 Å². The van der Waals surface area contributed by atoms with Crippen LogP contribution in [0.1, 0.15) is 22.3 Å². The maximum atomic E-state index is 6.04. The second-order valence-corrected chi connectivity index (χ2v) is 9.02. The van der Waals surface area contributed by atoms with Crippen LogP contribution in [-0.4, -0.2) is 6.61 Å². The summed E-state index contributed by atoms with van der Waals surface area (Å²) in [6, 6.07) is 36.0. The summed E-state index contributed by atoms with van der Waals surface area (Å²) in [4.78, 5) is 0. The van der Waals surface area contributed by atoms with Gasteiger partial charge in [0, 0.05) is 33.2 Å². The van der Waals surface area contributed by atoms with Crippen LogP contribution in [0.2, 0.25) is 0 Å². The van der Waals surface area contributed by atoms with Gasteiger partial charge in [0.2, 0.25) is 0 Å². The molecule has 0 atom stereocenters. The summed E-state index contributed by atoms with van der Waals surface area (Å²) in [5.41, 5.74) is 5.66. The Morgan fingerprint density at radius 1 is 0.622 bits per heavy atom. The molecule has 0 aromatic heterocycles. The van der Waals surface area contributed by atoms with Crippen molar-refractivity contribution >= 4 is 26.7 Å². The molecule has 0 fully saturated rings. The number of fused-ring (bicyclic) bond motifs is 1. The van der Waals surface area contributed by atoms with Gasteiger partial charge >= 0.3 is 0 Å². The van der Waals surface area contributed by atoms with Crippen molar-refractivity contribution < 1.29 is 4.74 Å². The molecule has 2 heteroatoms. The maximum absolute atomic E-state index is 6.04. The molecule has 174 valence electrons. The van der Waals surface area contributed by atoms with Gasteiger partial charge in [0.15, 0.2) is 0 Å². The second kappa shape index (κ2) is 11.4. The van der Waals surface area contributed by atoms with E-state index in [0.717, 1.165) is 48.6 Å². The standard InChI is InChI=1S/C35H21BrO/c1-2-27-14-6-7-20-31(27)32-21-10-22-33(35(32)36)37-25-11-19-29-17-8-15-28-16-9-18-30(34(28)29)24-23-26-12-4-3-5-13-26/h1,3-10,12-18,20-22H,25H2. The van der Waals surface area contributed by atoms with Crippen LogP contribution in [0.4, 0.5) is 0 Å². The average molecular weight is 537 g/mol. The molecular weight excluding hydrogens is 516 g/mol. The lowest BCUT2D eigenvalue weighted by Crippen LogP contribution is -1.96. The van der Waals surface area contributed by atoms with E-state index in [1.165, 1.54) is 0 Å². The largest absolute Gasteiger partial charge is 0.480 e. The summed E-state index contributed by atoms with van der Waals surface area (Å²) in [7, 11) is 0. The van der Waals surface area contributed by atoms with Gasteiger partial charge in [-0.25, -0.2) is 0 Å². The minimum Gasteiger partial charge on any atom is -0.480 e. The third-order valence-corrected chi connectivity index (χ3v) is 6.70. The van der Waals surface area contributed by atoms with Crippen LogP contribution < -0.4 is 4.74 Å². The lowest BCUT2D eigenvalue weighted by Gasteiger charge is -2.11. The van der Waals surface area contributed by atoms with E-state index < -0.39 is 0 Å². The molecule has 0 amide bonds. The first-order chi connectivity index (χ1) is 18.2. The Kier molecular flexibility index (Phi) is 7.39. The highest BCUT2D eigenvalue weighted by Gasteiger charge is 2.11. The molecule has 37 heavy (non-hydrogen) atoms. The van der Waals surface area contributed by atoms with Crippen molar-refractivity contribution in [2.45, 2.75) is 0 Å². The van der Waals surface area contributed by atoms with Crippen LogP contribution in [0.3, 0.4) is 0 Å². The number of benzene rings is 5. The van der Waals surface area contributed by atoms with E-state index in [1.54, 1.807) is 0 Å². The number of hydrogen-bond acceptors (Lipinski definition) is 1. The molecule has 0 unspecified atom stereocenters.